The van der Waals surface area contributed by atoms with E-state index in [1.54, 1.807) is 0 Å². The summed E-state index contributed by atoms with van der Waals surface area (Å²) in [4.78, 5) is 16.4. The zero-order chi connectivity index (χ0) is 14.7. The molecule has 1 aromatic heterocycles. The molecule has 2 N–H and O–H groups in total. The molecular formula is C16H18N2O3. The van der Waals surface area contributed by atoms with Crippen molar-refractivity contribution in [3.8, 4) is 11.5 Å². The second-order valence-electron chi connectivity index (χ2n) is 5.38. The van der Waals surface area contributed by atoms with E-state index in [4.69, 9.17) is 4.42 Å². The van der Waals surface area contributed by atoms with Crippen LogP contribution in [0.4, 0.5) is 0 Å². The fourth-order valence-corrected chi connectivity index (χ4v) is 2.57. The van der Waals surface area contributed by atoms with Gasteiger partial charge in [-0.05, 0) is 37.8 Å². The number of nitrogens with one attached hydrogen (secondary N) is 1. The molecule has 0 unspecified atom stereocenters. The van der Waals surface area contributed by atoms with Gasteiger partial charge >= 0.3 is 0 Å². The summed E-state index contributed by atoms with van der Waals surface area (Å²) in [6, 6.07) is 9.58. The number of benzene rings is 1. The largest absolute Gasteiger partial charge is 0.444 e. The quantitative estimate of drug-likeness (QED) is 0.908. The topological polar surface area (TPSA) is 75.4 Å². The molecule has 1 aliphatic rings. The number of aliphatic hydroxyl groups excluding tert-OH is 1. The fraction of sp³-hybridized carbons (Fsp3) is 0.375. The number of carbonyl (C=O) groups is 1. The number of aliphatic hydroxyl groups is 1. The highest BCUT2D eigenvalue weighted by Gasteiger charge is 2.22. The molecule has 0 aliphatic heterocycles. The number of nitrogens with zero attached hydrogens (tertiary/aromatic N) is 1. The molecule has 3 rings (SSSR count). The molecule has 1 aliphatic carbocycles. The molecule has 5 heteroatoms. The molecule has 0 bridgehead atoms. The summed E-state index contributed by atoms with van der Waals surface area (Å²) in [7, 11) is 0. The van der Waals surface area contributed by atoms with E-state index in [0.717, 1.165) is 31.2 Å². The van der Waals surface area contributed by atoms with Crippen molar-refractivity contribution in [3.05, 3.63) is 42.3 Å². The minimum absolute atomic E-state index is 0.109. The zero-order valence-electron chi connectivity index (χ0n) is 11.7. The second kappa shape index (κ2) is 6.10. The Morgan fingerprint density at radius 3 is 2.62 bits per heavy atom. The molecule has 0 saturated heterocycles. The first-order chi connectivity index (χ1) is 10.2. The molecule has 1 heterocycles. The van der Waals surface area contributed by atoms with Crippen molar-refractivity contribution in [2.45, 2.75) is 37.8 Å². The second-order valence-corrected chi connectivity index (χ2v) is 5.38. The first kappa shape index (κ1) is 13.8. The van der Waals surface area contributed by atoms with E-state index >= 15 is 0 Å². The third-order valence-electron chi connectivity index (χ3n) is 3.79. The van der Waals surface area contributed by atoms with Crippen molar-refractivity contribution >= 4 is 5.91 Å². The molecule has 0 radical (unpaired) electrons. The minimum Gasteiger partial charge on any atom is -0.444 e. The minimum atomic E-state index is -0.227. The first-order valence-corrected chi connectivity index (χ1v) is 7.22. The summed E-state index contributed by atoms with van der Waals surface area (Å²) in [6.45, 7) is 0. The van der Waals surface area contributed by atoms with E-state index in [0.29, 0.717) is 11.6 Å². The van der Waals surface area contributed by atoms with Crippen LogP contribution in [0.3, 0.4) is 0 Å². The third kappa shape index (κ3) is 3.31. The summed E-state index contributed by atoms with van der Waals surface area (Å²) >= 11 is 0. The monoisotopic (exact) mass is 286 g/mol. The number of oxazole rings is 1. The molecule has 21 heavy (non-hydrogen) atoms. The molecule has 0 spiro atoms. The van der Waals surface area contributed by atoms with Crippen LogP contribution in [-0.2, 0) is 0 Å². The molecule has 5 nitrogen and oxygen atoms in total. The predicted octanol–water partition coefficient (Wildman–Crippen LogP) is 2.37. The van der Waals surface area contributed by atoms with Gasteiger partial charge in [-0.1, -0.05) is 18.2 Å². The van der Waals surface area contributed by atoms with Gasteiger partial charge in [0.1, 0.15) is 6.26 Å². The van der Waals surface area contributed by atoms with Gasteiger partial charge in [-0.15, -0.1) is 0 Å². The van der Waals surface area contributed by atoms with Crippen LogP contribution >= 0.6 is 0 Å². The summed E-state index contributed by atoms with van der Waals surface area (Å²) < 4.78 is 5.37. The van der Waals surface area contributed by atoms with Crippen molar-refractivity contribution in [1.29, 1.82) is 0 Å². The van der Waals surface area contributed by atoms with Crippen LogP contribution in [0, 0.1) is 0 Å². The Bertz CT molecular complexity index is 601. The van der Waals surface area contributed by atoms with Gasteiger partial charge in [0, 0.05) is 11.6 Å². The zero-order valence-corrected chi connectivity index (χ0v) is 11.7. The van der Waals surface area contributed by atoms with Crippen LogP contribution < -0.4 is 5.32 Å². The van der Waals surface area contributed by atoms with E-state index in [1.165, 1.54) is 6.26 Å². The van der Waals surface area contributed by atoms with E-state index < -0.39 is 0 Å². The Balaban J connectivity index is 1.64. The maximum atomic E-state index is 12.1. The lowest BCUT2D eigenvalue weighted by Gasteiger charge is -2.25. The van der Waals surface area contributed by atoms with Crippen molar-refractivity contribution in [2.75, 3.05) is 0 Å². The summed E-state index contributed by atoms with van der Waals surface area (Å²) in [5, 5.41) is 12.4. The summed E-state index contributed by atoms with van der Waals surface area (Å²) in [5.74, 6) is 0.224. The Hall–Kier alpha value is -2.14. The molecule has 110 valence electrons. The van der Waals surface area contributed by atoms with E-state index in [2.05, 4.69) is 10.3 Å². The lowest BCUT2D eigenvalue weighted by Crippen LogP contribution is -2.38. The highest BCUT2D eigenvalue weighted by atomic mass is 16.3. The van der Waals surface area contributed by atoms with Crippen LogP contribution in [0.1, 0.15) is 36.2 Å². The Labute approximate surface area is 123 Å². The van der Waals surface area contributed by atoms with Crippen molar-refractivity contribution < 1.29 is 14.3 Å². The number of rotatable bonds is 3. The fourth-order valence-electron chi connectivity index (χ4n) is 2.57. The standard InChI is InChI=1S/C16H18N2O3/c19-13-8-6-12(7-9-13)17-15(20)14-10-21-16(18-14)11-4-2-1-3-5-11/h1-5,10,12-13,19H,6-9H2,(H,17,20). The van der Waals surface area contributed by atoms with Gasteiger partial charge in [0.25, 0.3) is 5.91 Å². The highest BCUT2D eigenvalue weighted by Crippen LogP contribution is 2.20. The number of carbonyl (C=O) groups excluding carboxylic acids is 1. The van der Waals surface area contributed by atoms with Gasteiger partial charge in [-0.3, -0.25) is 4.79 Å². The number of hydrogen-bond acceptors (Lipinski definition) is 4. The Kier molecular flexibility index (Phi) is 4.01. The maximum Gasteiger partial charge on any atom is 0.273 e. The van der Waals surface area contributed by atoms with E-state index in [1.807, 2.05) is 30.3 Å². The van der Waals surface area contributed by atoms with Crippen LogP contribution in [-0.4, -0.2) is 28.1 Å². The van der Waals surface area contributed by atoms with Crippen molar-refractivity contribution in [2.24, 2.45) is 0 Å². The number of aromatic nitrogens is 1. The highest BCUT2D eigenvalue weighted by molar-refractivity contribution is 5.92. The number of amides is 1. The lowest BCUT2D eigenvalue weighted by atomic mass is 9.93. The van der Waals surface area contributed by atoms with Gasteiger partial charge in [-0.2, -0.15) is 0 Å². The van der Waals surface area contributed by atoms with Crippen LogP contribution in [0.15, 0.2) is 41.0 Å². The molecule has 1 saturated carbocycles. The smallest absolute Gasteiger partial charge is 0.273 e. The van der Waals surface area contributed by atoms with Crippen LogP contribution in [0.25, 0.3) is 11.5 Å². The average molecular weight is 286 g/mol. The third-order valence-corrected chi connectivity index (χ3v) is 3.79. The van der Waals surface area contributed by atoms with Gasteiger partial charge in [0.05, 0.1) is 6.10 Å². The Morgan fingerprint density at radius 1 is 1.19 bits per heavy atom. The molecule has 1 aromatic carbocycles. The van der Waals surface area contributed by atoms with Gasteiger partial charge in [-0.25, -0.2) is 4.98 Å². The Morgan fingerprint density at radius 2 is 1.90 bits per heavy atom. The predicted molar refractivity (Wildman–Crippen MR) is 77.7 cm³/mol. The van der Waals surface area contributed by atoms with E-state index in [-0.39, 0.29) is 18.1 Å². The average Bonchev–Trinajstić information content (AvgIpc) is 3.00. The first-order valence-electron chi connectivity index (χ1n) is 7.22. The molecular weight excluding hydrogens is 268 g/mol. The lowest BCUT2D eigenvalue weighted by molar-refractivity contribution is 0.0863. The SMILES string of the molecule is O=C(NC1CCC(O)CC1)c1coc(-c2ccccc2)n1. The van der Waals surface area contributed by atoms with Crippen molar-refractivity contribution in [1.82, 2.24) is 10.3 Å². The molecule has 2 aromatic rings. The molecule has 0 atom stereocenters. The normalized spacial score (nSPS) is 22.0. The molecule has 1 amide bonds. The van der Waals surface area contributed by atoms with E-state index in [9.17, 15) is 9.90 Å². The van der Waals surface area contributed by atoms with Crippen LogP contribution in [0.2, 0.25) is 0 Å². The van der Waals surface area contributed by atoms with Gasteiger partial charge < -0.3 is 14.8 Å². The van der Waals surface area contributed by atoms with Crippen molar-refractivity contribution in [3.63, 3.8) is 0 Å². The maximum absolute atomic E-state index is 12.1. The van der Waals surface area contributed by atoms with Gasteiger partial charge in [0.15, 0.2) is 5.69 Å². The summed E-state index contributed by atoms with van der Waals surface area (Å²) in [5.41, 5.74) is 1.14. The van der Waals surface area contributed by atoms with Gasteiger partial charge in [0.2, 0.25) is 5.89 Å². The van der Waals surface area contributed by atoms with Crippen LogP contribution in [0.5, 0.6) is 0 Å². The number of hydrogen-bond donors (Lipinski definition) is 2. The summed E-state index contributed by atoms with van der Waals surface area (Å²) in [6.07, 6.45) is 4.23. The molecule has 1 fully saturated rings.